The molecule has 0 aliphatic carbocycles. The number of ether oxygens (including phenoxy) is 1. The molecule has 0 aliphatic heterocycles. The Balaban J connectivity index is 2.47. The number of benzene rings is 1. The van der Waals surface area contributed by atoms with E-state index in [9.17, 15) is 9.59 Å². The van der Waals surface area contributed by atoms with E-state index in [0.717, 1.165) is 10.0 Å². The van der Waals surface area contributed by atoms with Crippen LogP contribution in [0.4, 0.5) is 0 Å². The minimum absolute atomic E-state index is 0.108. The molecule has 0 spiro atoms. The molecule has 0 atom stereocenters. The Morgan fingerprint density at radius 3 is 2.58 bits per heavy atom. The van der Waals surface area contributed by atoms with Gasteiger partial charge in [0, 0.05) is 30.0 Å². The molecular formula is C13H17BrN2O3. The average Bonchev–Trinajstić information content (AvgIpc) is 2.35. The summed E-state index contributed by atoms with van der Waals surface area (Å²) in [6.07, 6.45) is 0.239. The van der Waals surface area contributed by atoms with Gasteiger partial charge in [0.15, 0.2) is 0 Å². The van der Waals surface area contributed by atoms with Crippen molar-refractivity contribution in [3.8, 4) is 5.75 Å². The van der Waals surface area contributed by atoms with Gasteiger partial charge in [0.25, 0.3) is 0 Å². The maximum Gasteiger partial charge on any atom is 0.224 e. The van der Waals surface area contributed by atoms with Gasteiger partial charge in [-0.2, -0.15) is 0 Å². The number of carbonyl (C=O) groups excluding carboxylic acids is 2. The van der Waals surface area contributed by atoms with Gasteiger partial charge >= 0.3 is 0 Å². The van der Waals surface area contributed by atoms with Gasteiger partial charge in [-0.05, 0) is 18.2 Å². The summed E-state index contributed by atoms with van der Waals surface area (Å²) in [4.78, 5) is 22.4. The third-order valence-corrected chi connectivity index (χ3v) is 2.91. The third kappa shape index (κ3) is 5.74. The molecule has 1 aromatic rings. The number of nitrogens with one attached hydrogen (secondary N) is 2. The molecule has 2 amide bonds. The third-order valence-electron chi connectivity index (χ3n) is 2.41. The summed E-state index contributed by atoms with van der Waals surface area (Å²) in [5, 5.41) is 5.34. The molecular weight excluding hydrogens is 312 g/mol. The monoisotopic (exact) mass is 328 g/mol. The number of amides is 2. The van der Waals surface area contributed by atoms with Gasteiger partial charge in [0.2, 0.25) is 11.8 Å². The highest BCUT2D eigenvalue weighted by atomic mass is 79.9. The minimum Gasteiger partial charge on any atom is -0.496 e. The SMILES string of the molecule is COc1ccc(Br)cc1CC(=O)NCCNC(C)=O. The van der Waals surface area contributed by atoms with Crippen molar-refractivity contribution in [3.05, 3.63) is 28.2 Å². The van der Waals surface area contributed by atoms with E-state index >= 15 is 0 Å². The first-order chi connectivity index (χ1) is 9.02. The van der Waals surface area contributed by atoms with Crippen LogP contribution in [-0.2, 0) is 16.0 Å². The van der Waals surface area contributed by atoms with Crippen LogP contribution in [0.1, 0.15) is 12.5 Å². The zero-order valence-corrected chi connectivity index (χ0v) is 12.5. The fourth-order valence-corrected chi connectivity index (χ4v) is 1.97. The predicted octanol–water partition coefficient (Wildman–Crippen LogP) is 1.25. The number of hydrogen-bond acceptors (Lipinski definition) is 3. The average molecular weight is 329 g/mol. The first kappa shape index (κ1) is 15.5. The van der Waals surface area contributed by atoms with Crippen molar-refractivity contribution in [2.75, 3.05) is 20.2 Å². The standard InChI is InChI=1S/C13H17BrN2O3/c1-9(17)15-5-6-16-13(18)8-10-7-11(14)3-4-12(10)19-2/h3-4,7H,5-6,8H2,1-2H3,(H,15,17)(H,16,18). The smallest absolute Gasteiger partial charge is 0.224 e. The van der Waals surface area contributed by atoms with Crippen molar-refractivity contribution < 1.29 is 14.3 Å². The second-order valence-electron chi connectivity index (χ2n) is 3.97. The number of halogens is 1. The van der Waals surface area contributed by atoms with Crippen LogP contribution in [-0.4, -0.2) is 32.0 Å². The maximum atomic E-state index is 11.7. The van der Waals surface area contributed by atoms with Crippen LogP contribution in [0.3, 0.4) is 0 Å². The molecule has 0 bridgehead atoms. The molecule has 5 nitrogen and oxygen atoms in total. The topological polar surface area (TPSA) is 67.4 Å². The highest BCUT2D eigenvalue weighted by molar-refractivity contribution is 9.10. The van der Waals surface area contributed by atoms with Crippen LogP contribution in [0.15, 0.2) is 22.7 Å². The summed E-state index contributed by atoms with van der Waals surface area (Å²) in [6, 6.07) is 5.52. The van der Waals surface area contributed by atoms with E-state index in [2.05, 4.69) is 26.6 Å². The second-order valence-corrected chi connectivity index (χ2v) is 4.88. The molecule has 0 saturated carbocycles. The zero-order valence-electron chi connectivity index (χ0n) is 11.0. The van der Waals surface area contributed by atoms with Gasteiger partial charge in [0.05, 0.1) is 13.5 Å². The van der Waals surface area contributed by atoms with Gasteiger partial charge in [-0.3, -0.25) is 9.59 Å². The second kappa shape index (κ2) is 7.78. The van der Waals surface area contributed by atoms with Gasteiger partial charge in [-0.25, -0.2) is 0 Å². The van der Waals surface area contributed by atoms with E-state index in [1.54, 1.807) is 7.11 Å². The Labute approximate surface area is 120 Å². The summed E-state index contributed by atoms with van der Waals surface area (Å²) in [5.74, 6) is 0.463. The lowest BCUT2D eigenvalue weighted by molar-refractivity contribution is -0.121. The first-order valence-corrected chi connectivity index (χ1v) is 6.65. The lowest BCUT2D eigenvalue weighted by atomic mass is 10.1. The molecule has 2 N–H and O–H groups in total. The van der Waals surface area contributed by atoms with E-state index in [1.807, 2.05) is 18.2 Å². The van der Waals surface area contributed by atoms with Crippen molar-refractivity contribution in [2.45, 2.75) is 13.3 Å². The predicted molar refractivity (Wildman–Crippen MR) is 76.1 cm³/mol. The molecule has 0 radical (unpaired) electrons. The van der Waals surface area contributed by atoms with Crippen LogP contribution in [0, 0.1) is 0 Å². The molecule has 0 fully saturated rings. The zero-order chi connectivity index (χ0) is 14.3. The summed E-state index contributed by atoms with van der Waals surface area (Å²) in [7, 11) is 1.57. The number of rotatable bonds is 6. The van der Waals surface area contributed by atoms with Crippen molar-refractivity contribution in [3.63, 3.8) is 0 Å². The molecule has 6 heteroatoms. The summed E-state index contributed by atoms with van der Waals surface area (Å²) in [5.41, 5.74) is 0.814. The lowest BCUT2D eigenvalue weighted by Crippen LogP contribution is -2.34. The highest BCUT2D eigenvalue weighted by Crippen LogP contribution is 2.23. The largest absolute Gasteiger partial charge is 0.496 e. The van der Waals surface area contributed by atoms with Crippen molar-refractivity contribution in [1.29, 1.82) is 0 Å². The van der Waals surface area contributed by atoms with E-state index in [0.29, 0.717) is 18.8 Å². The highest BCUT2D eigenvalue weighted by Gasteiger charge is 2.09. The summed E-state index contributed by atoms with van der Waals surface area (Å²) >= 11 is 3.36. The van der Waals surface area contributed by atoms with E-state index in [-0.39, 0.29) is 18.2 Å². The van der Waals surface area contributed by atoms with Crippen LogP contribution >= 0.6 is 15.9 Å². The molecule has 0 unspecified atom stereocenters. The minimum atomic E-state index is -0.109. The normalized spacial score (nSPS) is 9.84. The Kier molecular flexibility index (Phi) is 6.35. The molecule has 0 saturated heterocycles. The van der Waals surface area contributed by atoms with Crippen LogP contribution in [0.5, 0.6) is 5.75 Å². The first-order valence-electron chi connectivity index (χ1n) is 5.86. The molecule has 1 aromatic carbocycles. The van der Waals surface area contributed by atoms with E-state index < -0.39 is 0 Å². The number of hydrogen-bond donors (Lipinski definition) is 2. The Morgan fingerprint density at radius 2 is 1.95 bits per heavy atom. The molecule has 19 heavy (non-hydrogen) atoms. The Hall–Kier alpha value is -1.56. The lowest BCUT2D eigenvalue weighted by Gasteiger charge is -2.09. The van der Waals surface area contributed by atoms with E-state index in [1.165, 1.54) is 6.92 Å². The quantitative estimate of drug-likeness (QED) is 0.772. The van der Waals surface area contributed by atoms with Gasteiger partial charge in [0.1, 0.15) is 5.75 Å². The molecule has 0 heterocycles. The van der Waals surface area contributed by atoms with Crippen molar-refractivity contribution in [2.24, 2.45) is 0 Å². The molecule has 1 rings (SSSR count). The molecule has 0 aromatic heterocycles. The molecule has 0 aliphatic rings. The van der Waals surface area contributed by atoms with Gasteiger partial charge in [-0.1, -0.05) is 15.9 Å². The fourth-order valence-electron chi connectivity index (χ4n) is 1.56. The maximum absolute atomic E-state index is 11.7. The summed E-state index contributed by atoms with van der Waals surface area (Å²) in [6.45, 7) is 2.28. The number of methoxy groups -OCH3 is 1. The van der Waals surface area contributed by atoms with Crippen LogP contribution in [0.2, 0.25) is 0 Å². The van der Waals surface area contributed by atoms with Gasteiger partial charge in [-0.15, -0.1) is 0 Å². The van der Waals surface area contributed by atoms with Crippen LogP contribution < -0.4 is 15.4 Å². The van der Waals surface area contributed by atoms with Crippen molar-refractivity contribution >= 4 is 27.7 Å². The molecule has 104 valence electrons. The van der Waals surface area contributed by atoms with Gasteiger partial charge < -0.3 is 15.4 Å². The van der Waals surface area contributed by atoms with E-state index in [4.69, 9.17) is 4.74 Å². The Bertz CT molecular complexity index is 463. The number of carbonyl (C=O) groups is 2. The Morgan fingerprint density at radius 1 is 1.26 bits per heavy atom. The van der Waals surface area contributed by atoms with Crippen molar-refractivity contribution in [1.82, 2.24) is 10.6 Å². The fraction of sp³-hybridized carbons (Fsp3) is 0.385. The summed E-state index contributed by atoms with van der Waals surface area (Å²) < 4.78 is 6.10. The van der Waals surface area contributed by atoms with Crippen LogP contribution in [0.25, 0.3) is 0 Å².